The summed E-state index contributed by atoms with van der Waals surface area (Å²) >= 11 is 0. The molecule has 2 aromatic carbocycles. The summed E-state index contributed by atoms with van der Waals surface area (Å²) in [4.78, 5) is 12.2. The fraction of sp³-hybridized carbons (Fsp3) is 0.409. The normalized spacial score (nSPS) is 28.0. The molecule has 0 aliphatic carbocycles. The number of rotatable bonds is 7. The number of aliphatic hydroxyl groups is 1. The van der Waals surface area contributed by atoms with Crippen molar-refractivity contribution in [1.82, 2.24) is 0 Å². The van der Waals surface area contributed by atoms with Crippen LogP contribution in [0.25, 0.3) is 0 Å². The maximum absolute atomic E-state index is 12.2. The molecule has 3 rings (SSSR count). The first kappa shape index (κ1) is 19.7. The van der Waals surface area contributed by atoms with Crippen molar-refractivity contribution in [3.63, 3.8) is 0 Å². The van der Waals surface area contributed by atoms with Gasteiger partial charge in [-0.25, -0.2) is 0 Å². The average molecular weight is 370 g/mol. The molecule has 5 nitrogen and oxygen atoms in total. The number of ether oxygens (including phenoxy) is 3. The van der Waals surface area contributed by atoms with Gasteiger partial charge in [0.05, 0.1) is 25.2 Å². The maximum Gasteiger partial charge on any atom is 0.167 e. The Morgan fingerprint density at radius 1 is 0.926 bits per heavy atom. The fourth-order valence-corrected chi connectivity index (χ4v) is 3.41. The van der Waals surface area contributed by atoms with Crippen molar-refractivity contribution in [3.8, 4) is 0 Å². The highest BCUT2D eigenvalue weighted by atomic mass is 16.6. The number of Topliss-reactive ketones (excluding diaryl/α,β-unsaturated/α-hetero) is 1. The average Bonchev–Trinajstić information content (AvgIpc) is 2.66. The van der Waals surface area contributed by atoms with Gasteiger partial charge in [-0.05, 0) is 25.0 Å². The predicted octanol–water partition coefficient (Wildman–Crippen LogP) is 3.10. The maximum atomic E-state index is 12.2. The van der Waals surface area contributed by atoms with Gasteiger partial charge in [0.15, 0.2) is 6.29 Å². The SMILES string of the molecule is CC(=O)[C@@H]1C(O)OC(C)[C@@H](OCc2ccccc2)C1OCc1ccccc1. The molecule has 0 radical (unpaired) electrons. The topological polar surface area (TPSA) is 65.0 Å². The van der Waals surface area contributed by atoms with Crippen molar-refractivity contribution in [1.29, 1.82) is 0 Å². The van der Waals surface area contributed by atoms with Crippen LogP contribution in [-0.4, -0.2) is 35.5 Å². The number of aliphatic hydroxyl groups excluding tert-OH is 1. The van der Waals surface area contributed by atoms with Crippen LogP contribution in [0.2, 0.25) is 0 Å². The molecule has 0 amide bonds. The molecule has 1 aliphatic heterocycles. The number of hydrogen-bond acceptors (Lipinski definition) is 5. The van der Waals surface area contributed by atoms with E-state index in [2.05, 4.69) is 0 Å². The highest BCUT2D eigenvalue weighted by molar-refractivity contribution is 5.79. The van der Waals surface area contributed by atoms with Crippen LogP contribution in [0.15, 0.2) is 60.7 Å². The number of ketones is 1. The Labute approximate surface area is 159 Å². The van der Waals surface area contributed by atoms with E-state index in [1.54, 1.807) is 0 Å². The zero-order valence-electron chi connectivity index (χ0n) is 15.7. The standard InChI is InChI=1S/C22H26O5/c1-15(23)19-21(26-14-18-11-7-4-8-12-18)20(16(2)27-22(19)24)25-13-17-9-5-3-6-10-17/h3-12,16,19-22,24H,13-14H2,1-2H3/t16?,19-,20+,21?,22?/m0/s1. The van der Waals surface area contributed by atoms with E-state index in [0.29, 0.717) is 13.2 Å². The highest BCUT2D eigenvalue weighted by Crippen LogP contribution is 2.31. The molecule has 1 N–H and O–H groups in total. The van der Waals surface area contributed by atoms with Gasteiger partial charge >= 0.3 is 0 Å². The Bertz CT molecular complexity index is 718. The van der Waals surface area contributed by atoms with Crippen LogP contribution in [0.1, 0.15) is 25.0 Å². The third kappa shape index (κ3) is 5.02. The van der Waals surface area contributed by atoms with Crippen LogP contribution in [0.3, 0.4) is 0 Å². The summed E-state index contributed by atoms with van der Waals surface area (Å²) in [5.74, 6) is -0.966. The van der Waals surface area contributed by atoms with E-state index < -0.39 is 30.5 Å². The molecule has 1 aliphatic rings. The lowest BCUT2D eigenvalue weighted by molar-refractivity contribution is -0.274. The summed E-state index contributed by atoms with van der Waals surface area (Å²) in [6.07, 6.45) is -2.66. The number of hydrogen-bond donors (Lipinski definition) is 1. The van der Waals surface area contributed by atoms with Crippen molar-refractivity contribution in [2.75, 3.05) is 0 Å². The first-order valence-corrected chi connectivity index (χ1v) is 9.21. The summed E-state index contributed by atoms with van der Waals surface area (Å²) in [7, 11) is 0. The van der Waals surface area contributed by atoms with Crippen LogP contribution in [0, 0.1) is 5.92 Å². The minimum Gasteiger partial charge on any atom is -0.370 e. The number of carbonyl (C=O) groups excluding carboxylic acids is 1. The molecule has 5 atom stereocenters. The van der Waals surface area contributed by atoms with Crippen LogP contribution in [0.4, 0.5) is 0 Å². The van der Waals surface area contributed by atoms with Gasteiger partial charge in [0, 0.05) is 0 Å². The molecule has 1 saturated heterocycles. The van der Waals surface area contributed by atoms with Crippen LogP contribution < -0.4 is 0 Å². The molecule has 0 aromatic heterocycles. The van der Waals surface area contributed by atoms with E-state index in [9.17, 15) is 9.90 Å². The van der Waals surface area contributed by atoms with E-state index >= 15 is 0 Å². The highest BCUT2D eigenvalue weighted by Gasteiger charge is 2.47. The monoisotopic (exact) mass is 370 g/mol. The first-order valence-electron chi connectivity index (χ1n) is 9.21. The third-order valence-corrected chi connectivity index (χ3v) is 4.84. The van der Waals surface area contributed by atoms with E-state index in [4.69, 9.17) is 14.2 Å². The van der Waals surface area contributed by atoms with Gasteiger partial charge in [-0.1, -0.05) is 60.7 Å². The third-order valence-electron chi connectivity index (χ3n) is 4.84. The van der Waals surface area contributed by atoms with Crippen molar-refractivity contribution < 1.29 is 24.1 Å². The van der Waals surface area contributed by atoms with Crippen molar-refractivity contribution in [2.45, 2.75) is 51.7 Å². The minimum absolute atomic E-state index is 0.180. The van der Waals surface area contributed by atoms with E-state index in [-0.39, 0.29) is 5.78 Å². The summed E-state index contributed by atoms with van der Waals surface area (Å²) in [5.41, 5.74) is 2.02. The lowest BCUT2D eigenvalue weighted by Crippen LogP contribution is -2.57. The van der Waals surface area contributed by atoms with Crippen LogP contribution in [-0.2, 0) is 32.2 Å². The number of carbonyl (C=O) groups is 1. The van der Waals surface area contributed by atoms with Gasteiger partial charge in [-0.3, -0.25) is 4.79 Å². The summed E-state index contributed by atoms with van der Waals surface area (Å²) < 4.78 is 17.8. The molecular weight excluding hydrogens is 344 g/mol. The molecule has 1 heterocycles. The van der Waals surface area contributed by atoms with Gasteiger partial charge < -0.3 is 19.3 Å². The zero-order chi connectivity index (χ0) is 19.2. The molecule has 3 unspecified atom stereocenters. The molecule has 27 heavy (non-hydrogen) atoms. The van der Waals surface area contributed by atoms with Gasteiger partial charge in [0.1, 0.15) is 18.0 Å². The van der Waals surface area contributed by atoms with Gasteiger partial charge in [-0.2, -0.15) is 0 Å². The van der Waals surface area contributed by atoms with E-state index in [0.717, 1.165) is 11.1 Å². The molecular formula is C22H26O5. The lowest BCUT2D eigenvalue weighted by atomic mass is 9.88. The minimum atomic E-state index is -1.20. The van der Waals surface area contributed by atoms with Crippen molar-refractivity contribution in [2.24, 2.45) is 5.92 Å². The van der Waals surface area contributed by atoms with Gasteiger partial charge in [-0.15, -0.1) is 0 Å². The fourth-order valence-electron chi connectivity index (χ4n) is 3.41. The van der Waals surface area contributed by atoms with E-state index in [1.807, 2.05) is 67.6 Å². The molecule has 0 spiro atoms. The first-order chi connectivity index (χ1) is 13.1. The van der Waals surface area contributed by atoms with Crippen molar-refractivity contribution in [3.05, 3.63) is 71.8 Å². The quantitative estimate of drug-likeness (QED) is 0.811. The number of benzene rings is 2. The Morgan fingerprint density at radius 2 is 1.41 bits per heavy atom. The van der Waals surface area contributed by atoms with E-state index in [1.165, 1.54) is 6.92 Å². The predicted molar refractivity (Wildman–Crippen MR) is 101 cm³/mol. The Balaban J connectivity index is 1.76. The van der Waals surface area contributed by atoms with Crippen LogP contribution in [0.5, 0.6) is 0 Å². The van der Waals surface area contributed by atoms with Crippen LogP contribution >= 0.6 is 0 Å². The molecule has 2 aromatic rings. The Kier molecular flexibility index (Phi) is 6.74. The molecule has 1 fully saturated rings. The lowest BCUT2D eigenvalue weighted by Gasteiger charge is -2.43. The van der Waals surface area contributed by atoms with Gasteiger partial charge in [0.25, 0.3) is 0 Å². The molecule has 0 bridgehead atoms. The smallest absolute Gasteiger partial charge is 0.167 e. The summed E-state index contributed by atoms with van der Waals surface area (Å²) in [6, 6.07) is 19.5. The largest absolute Gasteiger partial charge is 0.370 e. The summed E-state index contributed by atoms with van der Waals surface area (Å²) in [5, 5.41) is 10.3. The molecule has 0 saturated carbocycles. The zero-order valence-corrected chi connectivity index (χ0v) is 15.7. The molecule has 5 heteroatoms. The van der Waals surface area contributed by atoms with Crippen molar-refractivity contribution >= 4 is 5.78 Å². The second kappa shape index (κ2) is 9.24. The Hall–Kier alpha value is -2.05. The van der Waals surface area contributed by atoms with Gasteiger partial charge in [0.2, 0.25) is 0 Å². The second-order valence-corrected chi connectivity index (χ2v) is 6.89. The second-order valence-electron chi connectivity index (χ2n) is 6.89. The molecule has 144 valence electrons. The Morgan fingerprint density at radius 3 is 1.89 bits per heavy atom. The summed E-state index contributed by atoms with van der Waals surface area (Å²) in [6.45, 7) is 3.99.